The minimum atomic E-state index is -0.361. The van der Waals surface area contributed by atoms with Gasteiger partial charge in [-0.3, -0.25) is 4.79 Å². The standard InChI is InChI=1S/C16H21N5O3S2/c1-9(2)24-15(23)13-10-6-4-5-7-11(10)26-14(13)17-12(22)8-25-16-18-19-20-21(16)3/h9H,4-8H2,1-3H3,(H,17,22). The van der Waals surface area contributed by atoms with Crippen LogP contribution in [0.4, 0.5) is 5.00 Å². The molecule has 2 heterocycles. The summed E-state index contributed by atoms with van der Waals surface area (Å²) in [6.07, 6.45) is 3.74. The molecule has 2 aromatic heterocycles. The van der Waals surface area contributed by atoms with Crippen LogP contribution in [0.3, 0.4) is 0 Å². The summed E-state index contributed by atoms with van der Waals surface area (Å²) < 4.78 is 6.91. The number of anilines is 1. The molecule has 0 radical (unpaired) electrons. The van der Waals surface area contributed by atoms with Crippen molar-refractivity contribution in [1.82, 2.24) is 20.2 Å². The first-order valence-electron chi connectivity index (χ1n) is 8.46. The fourth-order valence-electron chi connectivity index (χ4n) is 2.78. The summed E-state index contributed by atoms with van der Waals surface area (Å²) in [5.74, 6) is -0.398. The number of thioether (sulfide) groups is 1. The Morgan fingerprint density at radius 2 is 2.12 bits per heavy atom. The van der Waals surface area contributed by atoms with Crippen molar-refractivity contribution in [3.8, 4) is 0 Å². The molecule has 0 spiro atoms. The Bertz CT molecular complexity index is 815. The van der Waals surface area contributed by atoms with Crippen LogP contribution in [0.2, 0.25) is 0 Å². The predicted molar refractivity (Wildman–Crippen MR) is 99.7 cm³/mol. The van der Waals surface area contributed by atoms with E-state index < -0.39 is 0 Å². The number of aromatic nitrogens is 4. The third-order valence-electron chi connectivity index (χ3n) is 3.88. The van der Waals surface area contributed by atoms with Crippen LogP contribution >= 0.6 is 23.1 Å². The lowest BCUT2D eigenvalue weighted by Crippen LogP contribution is -2.19. The number of aryl methyl sites for hydroxylation is 2. The second-order valence-electron chi connectivity index (χ2n) is 6.29. The van der Waals surface area contributed by atoms with Crippen molar-refractivity contribution in [2.75, 3.05) is 11.1 Å². The second kappa shape index (κ2) is 8.17. The van der Waals surface area contributed by atoms with E-state index in [1.54, 1.807) is 7.05 Å². The molecule has 0 aromatic carbocycles. The Balaban J connectivity index is 1.75. The van der Waals surface area contributed by atoms with Gasteiger partial charge in [-0.25, -0.2) is 9.48 Å². The van der Waals surface area contributed by atoms with Gasteiger partial charge in [0.25, 0.3) is 0 Å². The molecule has 8 nitrogen and oxygen atoms in total. The molecule has 1 amide bonds. The van der Waals surface area contributed by atoms with E-state index in [2.05, 4.69) is 20.8 Å². The van der Waals surface area contributed by atoms with Crippen molar-refractivity contribution in [3.63, 3.8) is 0 Å². The molecule has 0 aliphatic heterocycles. The summed E-state index contributed by atoms with van der Waals surface area (Å²) in [6, 6.07) is 0. The summed E-state index contributed by atoms with van der Waals surface area (Å²) in [7, 11) is 1.72. The van der Waals surface area contributed by atoms with Crippen molar-refractivity contribution >= 4 is 40.0 Å². The first-order chi connectivity index (χ1) is 12.5. The third kappa shape index (κ3) is 4.24. The normalized spacial score (nSPS) is 13.5. The van der Waals surface area contributed by atoms with Gasteiger partial charge >= 0.3 is 5.97 Å². The maximum absolute atomic E-state index is 12.6. The Hall–Kier alpha value is -1.94. The molecule has 0 saturated heterocycles. The van der Waals surface area contributed by atoms with Gasteiger partial charge in [0.05, 0.1) is 17.4 Å². The highest BCUT2D eigenvalue weighted by Gasteiger charge is 2.27. The predicted octanol–water partition coefficient (Wildman–Crippen LogP) is 2.45. The van der Waals surface area contributed by atoms with E-state index in [1.165, 1.54) is 32.7 Å². The summed E-state index contributed by atoms with van der Waals surface area (Å²) >= 11 is 2.73. The summed E-state index contributed by atoms with van der Waals surface area (Å²) in [4.78, 5) is 26.1. The molecule has 0 bridgehead atoms. The van der Waals surface area contributed by atoms with Crippen LogP contribution in [-0.2, 0) is 29.4 Å². The minimum Gasteiger partial charge on any atom is -0.459 e. The van der Waals surface area contributed by atoms with Gasteiger partial charge in [0, 0.05) is 11.9 Å². The maximum atomic E-state index is 12.6. The van der Waals surface area contributed by atoms with Crippen LogP contribution < -0.4 is 5.32 Å². The van der Waals surface area contributed by atoms with Crippen LogP contribution in [0, 0.1) is 0 Å². The maximum Gasteiger partial charge on any atom is 0.341 e. The lowest BCUT2D eigenvalue weighted by Gasteiger charge is -2.14. The average molecular weight is 396 g/mol. The smallest absolute Gasteiger partial charge is 0.341 e. The van der Waals surface area contributed by atoms with Gasteiger partial charge in [0.2, 0.25) is 11.1 Å². The van der Waals surface area contributed by atoms with Crippen LogP contribution in [0.1, 0.15) is 47.5 Å². The van der Waals surface area contributed by atoms with E-state index in [4.69, 9.17) is 4.74 Å². The van der Waals surface area contributed by atoms with E-state index in [1.807, 2.05) is 13.8 Å². The van der Waals surface area contributed by atoms with E-state index in [0.29, 0.717) is 15.7 Å². The Morgan fingerprint density at radius 3 is 2.81 bits per heavy atom. The number of tetrazole rings is 1. The minimum absolute atomic E-state index is 0.162. The molecule has 1 aliphatic carbocycles. The zero-order valence-corrected chi connectivity index (χ0v) is 16.6. The fourth-order valence-corrected chi connectivity index (χ4v) is 4.72. The molecule has 3 rings (SSSR count). The summed E-state index contributed by atoms with van der Waals surface area (Å²) in [5, 5.41) is 15.1. The third-order valence-corrected chi connectivity index (χ3v) is 6.10. The number of esters is 1. The molecule has 1 aliphatic rings. The Kier molecular flexibility index (Phi) is 5.92. The van der Waals surface area contributed by atoms with E-state index >= 15 is 0 Å². The molecule has 26 heavy (non-hydrogen) atoms. The van der Waals surface area contributed by atoms with Crippen LogP contribution in [0.5, 0.6) is 0 Å². The van der Waals surface area contributed by atoms with Gasteiger partial charge in [0.15, 0.2) is 0 Å². The first-order valence-corrected chi connectivity index (χ1v) is 10.3. The van der Waals surface area contributed by atoms with E-state index in [-0.39, 0.29) is 23.7 Å². The number of thiophene rings is 1. The second-order valence-corrected chi connectivity index (χ2v) is 8.34. The van der Waals surface area contributed by atoms with E-state index in [0.717, 1.165) is 31.2 Å². The molecule has 0 saturated carbocycles. The molecule has 140 valence electrons. The SMILES string of the molecule is CC(C)OC(=O)c1c(NC(=O)CSc2nnnn2C)sc2c1CCCC2. The van der Waals surface area contributed by atoms with Crippen molar-refractivity contribution in [3.05, 3.63) is 16.0 Å². The van der Waals surface area contributed by atoms with Gasteiger partial charge in [-0.2, -0.15) is 0 Å². The molecule has 0 unspecified atom stereocenters. The van der Waals surface area contributed by atoms with Crippen molar-refractivity contribution in [2.45, 2.75) is 50.8 Å². The number of ether oxygens (including phenoxy) is 1. The first kappa shape index (κ1) is 18.8. The van der Waals surface area contributed by atoms with Crippen LogP contribution in [0.15, 0.2) is 5.16 Å². The number of nitrogens with zero attached hydrogens (tertiary/aromatic N) is 4. The quantitative estimate of drug-likeness (QED) is 0.592. The highest BCUT2D eigenvalue weighted by atomic mass is 32.2. The molecule has 1 N–H and O–H groups in total. The number of nitrogens with one attached hydrogen (secondary N) is 1. The average Bonchev–Trinajstić information content (AvgIpc) is 3.15. The summed E-state index contributed by atoms with van der Waals surface area (Å²) in [6.45, 7) is 3.64. The molecular formula is C16H21N5O3S2. The Morgan fingerprint density at radius 1 is 1.35 bits per heavy atom. The Labute approximate surface area is 159 Å². The van der Waals surface area contributed by atoms with Gasteiger partial charge in [0.1, 0.15) is 5.00 Å². The molecule has 2 aromatic rings. The molecule has 0 fully saturated rings. The van der Waals surface area contributed by atoms with E-state index in [9.17, 15) is 9.59 Å². The van der Waals surface area contributed by atoms with Gasteiger partial charge in [-0.15, -0.1) is 16.4 Å². The van der Waals surface area contributed by atoms with Gasteiger partial charge in [-0.1, -0.05) is 11.8 Å². The molecule has 10 heteroatoms. The van der Waals surface area contributed by atoms with Gasteiger partial charge < -0.3 is 10.1 Å². The lowest BCUT2D eigenvalue weighted by atomic mass is 9.95. The number of fused-ring (bicyclic) bond motifs is 1. The van der Waals surface area contributed by atoms with Crippen LogP contribution in [0.25, 0.3) is 0 Å². The van der Waals surface area contributed by atoms with Gasteiger partial charge in [-0.05, 0) is 55.5 Å². The number of amides is 1. The molecule has 0 atom stereocenters. The zero-order valence-electron chi connectivity index (χ0n) is 14.9. The van der Waals surface area contributed by atoms with Crippen molar-refractivity contribution < 1.29 is 14.3 Å². The monoisotopic (exact) mass is 395 g/mol. The zero-order chi connectivity index (χ0) is 18.7. The highest BCUT2D eigenvalue weighted by Crippen LogP contribution is 2.38. The number of carbonyl (C=O) groups excluding carboxylic acids is 2. The highest BCUT2D eigenvalue weighted by molar-refractivity contribution is 7.99. The lowest BCUT2D eigenvalue weighted by molar-refractivity contribution is -0.113. The topological polar surface area (TPSA) is 99.0 Å². The van der Waals surface area contributed by atoms with Crippen molar-refractivity contribution in [2.24, 2.45) is 7.05 Å². The number of carbonyl (C=O) groups is 2. The number of hydrogen-bond acceptors (Lipinski definition) is 8. The van der Waals surface area contributed by atoms with Crippen LogP contribution in [-0.4, -0.2) is 43.9 Å². The number of hydrogen-bond donors (Lipinski definition) is 1. The molecular weight excluding hydrogens is 374 g/mol. The largest absolute Gasteiger partial charge is 0.459 e. The fraction of sp³-hybridized carbons (Fsp3) is 0.562. The van der Waals surface area contributed by atoms with Crippen molar-refractivity contribution in [1.29, 1.82) is 0 Å². The summed E-state index contributed by atoms with van der Waals surface area (Å²) in [5.41, 5.74) is 1.56. The number of rotatable bonds is 6.